The minimum Gasteiger partial charge on any atom is -0.337 e. The van der Waals surface area contributed by atoms with Gasteiger partial charge in [0.15, 0.2) is 0 Å². The first-order chi connectivity index (χ1) is 9.15. The van der Waals surface area contributed by atoms with Gasteiger partial charge in [-0.25, -0.2) is 0 Å². The fraction of sp³-hybridized carbons (Fsp3) is 0.438. The van der Waals surface area contributed by atoms with Gasteiger partial charge < -0.3 is 10.6 Å². The summed E-state index contributed by atoms with van der Waals surface area (Å²) in [4.78, 5) is 14.1. The van der Waals surface area contributed by atoms with Crippen LogP contribution in [0.5, 0.6) is 0 Å². The van der Waals surface area contributed by atoms with Crippen molar-refractivity contribution < 1.29 is 4.79 Å². The molecule has 0 fully saturated rings. The normalized spacial score (nSPS) is 19.4. The first-order valence-electron chi connectivity index (χ1n) is 6.86. The molecule has 102 valence electrons. The fourth-order valence-corrected chi connectivity index (χ4v) is 2.83. The van der Waals surface area contributed by atoms with Gasteiger partial charge in [0.25, 0.3) is 0 Å². The molecule has 1 amide bonds. The van der Waals surface area contributed by atoms with Crippen molar-refractivity contribution in [1.82, 2.24) is 4.90 Å². The standard InChI is InChI=1S/C16H22N2O/c1-3-7-14(17)16(19)18(2)15-11-6-9-12-8-4-5-10-13(12)15/h3-5,8,10,14-15H,1,6-7,9,11,17H2,2H3. The Morgan fingerprint density at radius 2 is 2.32 bits per heavy atom. The van der Waals surface area contributed by atoms with E-state index in [2.05, 4.69) is 24.8 Å². The van der Waals surface area contributed by atoms with E-state index in [1.165, 1.54) is 11.1 Å². The maximum atomic E-state index is 12.3. The van der Waals surface area contributed by atoms with E-state index in [-0.39, 0.29) is 11.9 Å². The molecule has 0 aromatic heterocycles. The summed E-state index contributed by atoms with van der Waals surface area (Å²) in [5.41, 5.74) is 8.52. The molecular formula is C16H22N2O. The molecule has 3 nitrogen and oxygen atoms in total. The van der Waals surface area contributed by atoms with Crippen LogP contribution in [-0.2, 0) is 11.2 Å². The number of hydrogen-bond donors (Lipinski definition) is 1. The van der Waals surface area contributed by atoms with Gasteiger partial charge in [-0.05, 0) is 36.8 Å². The summed E-state index contributed by atoms with van der Waals surface area (Å²) in [5.74, 6) is 0.00148. The molecular weight excluding hydrogens is 236 g/mol. The average Bonchev–Trinajstić information content (AvgIpc) is 2.45. The van der Waals surface area contributed by atoms with E-state index in [4.69, 9.17) is 5.73 Å². The van der Waals surface area contributed by atoms with Crippen LogP contribution >= 0.6 is 0 Å². The van der Waals surface area contributed by atoms with Crippen LogP contribution in [0.2, 0.25) is 0 Å². The maximum absolute atomic E-state index is 12.3. The average molecular weight is 258 g/mol. The second-order valence-corrected chi connectivity index (χ2v) is 5.19. The third-order valence-corrected chi connectivity index (χ3v) is 3.89. The van der Waals surface area contributed by atoms with Crippen LogP contribution in [-0.4, -0.2) is 23.9 Å². The van der Waals surface area contributed by atoms with Gasteiger partial charge in [-0.1, -0.05) is 30.3 Å². The molecule has 1 aromatic rings. The van der Waals surface area contributed by atoms with Crippen LogP contribution in [0.3, 0.4) is 0 Å². The minimum atomic E-state index is -0.475. The quantitative estimate of drug-likeness (QED) is 0.843. The van der Waals surface area contributed by atoms with Crippen molar-refractivity contribution >= 4 is 5.91 Å². The highest BCUT2D eigenvalue weighted by Gasteiger charge is 2.28. The van der Waals surface area contributed by atoms with Gasteiger partial charge in [0.2, 0.25) is 5.91 Å². The number of nitrogens with zero attached hydrogens (tertiary/aromatic N) is 1. The molecule has 2 rings (SSSR count). The first-order valence-corrected chi connectivity index (χ1v) is 6.86. The number of fused-ring (bicyclic) bond motifs is 1. The van der Waals surface area contributed by atoms with Crippen molar-refractivity contribution in [3.63, 3.8) is 0 Å². The number of hydrogen-bond acceptors (Lipinski definition) is 2. The lowest BCUT2D eigenvalue weighted by atomic mass is 9.87. The van der Waals surface area contributed by atoms with E-state index >= 15 is 0 Å². The predicted octanol–water partition coefficient (Wildman–Crippen LogP) is 2.43. The van der Waals surface area contributed by atoms with E-state index in [0.717, 1.165) is 19.3 Å². The van der Waals surface area contributed by atoms with Gasteiger partial charge in [-0.15, -0.1) is 6.58 Å². The largest absolute Gasteiger partial charge is 0.337 e. The Morgan fingerprint density at radius 3 is 3.05 bits per heavy atom. The summed E-state index contributed by atoms with van der Waals surface area (Å²) >= 11 is 0. The molecule has 1 aliphatic carbocycles. The lowest BCUT2D eigenvalue weighted by Gasteiger charge is -2.34. The molecule has 2 unspecified atom stereocenters. The highest BCUT2D eigenvalue weighted by molar-refractivity contribution is 5.82. The molecule has 0 radical (unpaired) electrons. The number of benzene rings is 1. The van der Waals surface area contributed by atoms with Crippen LogP contribution in [0.25, 0.3) is 0 Å². The predicted molar refractivity (Wildman–Crippen MR) is 77.7 cm³/mol. The van der Waals surface area contributed by atoms with E-state index < -0.39 is 6.04 Å². The second-order valence-electron chi connectivity index (χ2n) is 5.19. The number of nitrogens with two attached hydrogens (primary N) is 1. The monoisotopic (exact) mass is 258 g/mol. The molecule has 19 heavy (non-hydrogen) atoms. The molecule has 0 saturated carbocycles. The minimum absolute atomic E-state index is 0.00148. The van der Waals surface area contributed by atoms with Crippen molar-refractivity contribution in [3.8, 4) is 0 Å². The van der Waals surface area contributed by atoms with E-state index in [1.54, 1.807) is 6.08 Å². The van der Waals surface area contributed by atoms with Gasteiger partial charge in [0.05, 0.1) is 12.1 Å². The van der Waals surface area contributed by atoms with Gasteiger partial charge >= 0.3 is 0 Å². The molecule has 1 aliphatic rings. The molecule has 0 bridgehead atoms. The van der Waals surface area contributed by atoms with Gasteiger partial charge in [-0.3, -0.25) is 4.79 Å². The lowest BCUT2D eigenvalue weighted by Crippen LogP contribution is -2.43. The summed E-state index contributed by atoms with van der Waals surface area (Å²) in [6.45, 7) is 3.64. The van der Waals surface area contributed by atoms with E-state index in [1.807, 2.05) is 18.0 Å². The summed E-state index contributed by atoms with van der Waals surface area (Å²) < 4.78 is 0. The van der Waals surface area contributed by atoms with Crippen molar-refractivity contribution in [3.05, 3.63) is 48.0 Å². The molecule has 0 aliphatic heterocycles. The Bertz CT molecular complexity index is 470. The Morgan fingerprint density at radius 1 is 1.58 bits per heavy atom. The summed E-state index contributed by atoms with van der Waals surface area (Å²) in [5, 5.41) is 0. The molecule has 1 aromatic carbocycles. The summed E-state index contributed by atoms with van der Waals surface area (Å²) in [6, 6.07) is 8.07. The number of likely N-dealkylation sites (N-methyl/N-ethyl adjacent to an activating group) is 1. The second kappa shape index (κ2) is 6.02. The molecule has 3 heteroatoms. The van der Waals surface area contributed by atoms with Crippen molar-refractivity contribution in [2.45, 2.75) is 37.8 Å². The molecule has 2 atom stereocenters. The zero-order valence-corrected chi connectivity index (χ0v) is 11.5. The Kier molecular flexibility index (Phi) is 4.38. The van der Waals surface area contributed by atoms with Crippen LogP contribution < -0.4 is 5.73 Å². The zero-order valence-electron chi connectivity index (χ0n) is 11.5. The Balaban J connectivity index is 2.18. The van der Waals surface area contributed by atoms with Gasteiger partial charge in [-0.2, -0.15) is 0 Å². The SMILES string of the molecule is C=CCC(N)C(=O)N(C)C1CCCc2ccccc21. The van der Waals surface area contributed by atoms with Crippen molar-refractivity contribution in [2.24, 2.45) is 5.73 Å². The highest BCUT2D eigenvalue weighted by Crippen LogP contribution is 2.33. The third-order valence-electron chi connectivity index (χ3n) is 3.89. The fourth-order valence-electron chi connectivity index (χ4n) is 2.83. The molecule has 0 saturated heterocycles. The van der Waals surface area contributed by atoms with Crippen molar-refractivity contribution in [1.29, 1.82) is 0 Å². The molecule has 0 spiro atoms. The molecule has 0 heterocycles. The first kappa shape index (κ1) is 13.8. The Labute approximate surface area is 115 Å². The van der Waals surface area contributed by atoms with Crippen LogP contribution in [0.1, 0.15) is 36.4 Å². The number of carbonyl (C=O) groups is 1. The van der Waals surface area contributed by atoms with Crippen LogP contribution in [0.15, 0.2) is 36.9 Å². The lowest BCUT2D eigenvalue weighted by molar-refractivity contribution is -0.133. The number of carbonyl (C=O) groups excluding carboxylic acids is 1. The topological polar surface area (TPSA) is 46.3 Å². The van der Waals surface area contributed by atoms with Crippen LogP contribution in [0, 0.1) is 0 Å². The van der Waals surface area contributed by atoms with Gasteiger partial charge in [0.1, 0.15) is 0 Å². The summed E-state index contributed by atoms with van der Waals surface area (Å²) in [6.07, 6.45) is 5.46. The van der Waals surface area contributed by atoms with E-state index in [0.29, 0.717) is 6.42 Å². The number of rotatable bonds is 4. The highest BCUT2D eigenvalue weighted by atomic mass is 16.2. The molecule has 2 N–H and O–H groups in total. The number of amides is 1. The van der Waals surface area contributed by atoms with Gasteiger partial charge in [0, 0.05) is 7.05 Å². The zero-order chi connectivity index (χ0) is 13.8. The van der Waals surface area contributed by atoms with E-state index in [9.17, 15) is 4.79 Å². The smallest absolute Gasteiger partial charge is 0.240 e. The van der Waals surface area contributed by atoms with Crippen molar-refractivity contribution in [2.75, 3.05) is 7.05 Å². The third kappa shape index (κ3) is 2.87. The number of aryl methyl sites for hydroxylation is 1. The summed E-state index contributed by atoms with van der Waals surface area (Å²) in [7, 11) is 1.86. The maximum Gasteiger partial charge on any atom is 0.240 e. The van der Waals surface area contributed by atoms with Crippen LogP contribution in [0.4, 0.5) is 0 Å². The Hall–Kier alpha value is -1.61.